The molecule has 0 fully saturated rings. The highest BCUT2D eigenvalue weighted by Gasteiger charge is 2.11. The van der Waals surface area contributed by atoms with E-state index in [1.807, 2.05) is 0 Å². The van der Waals surface area contributed by atoms with Gasteiger partial charge in [-0.2, -0.15) is 0 Å². The Hall–Kier alpha value is -1.65. The molecule has 1 N–H and O–H groups in total. The number of carbonyl (C=O) groups excluding carboxylic acids is 1. The molecule has 3 nitrogen and oxygen atoms in total. The molecule has 0 aliphatic carbocycles. The van der Waals surface area contributed by atoms with Crippen LogP contribution >= 0.6 is 23.2 Å². The quantitative estimate of drug-likeness (QED) is 0.943. The summed E-state index contributed by atoms with van der Waals surface area (Å²) in [7, 11) is 0. The first-order valence-electron chi connectivity index (χ1n) is 5.40. The minimum Gasteiger partial charge on any atom is -0.346 e. The van der Waals surface area contributed by atoms with Crippen LogP contribution in [0, 0.1) is 5.82 Å². The van der Waals surface area contributed by atoms with E-state index in [0.717, 1.165) is 0 Å². The zero-order chi connectivity index (χ0) is 13.8. The molecule has 0 aliphatic rings. The van der Waals surface area contributed by atoms with Crippen LogP contribution in [0.25, 0.3) is 0 Å². The van der Waals surface area contributed by atoms with E-state index in [-0.39, 0.29) is 22.8 Å². The Kier molecular flexibility index (Phi) is 4.35. The Balaban J connectivity index is 2.08. The highest BCUT2D eigenvalue weighted by atomic mass is 35.5. The molecule has 0 saturated heterocycles. The predicted octanol–water partition coefficient (Wildman–Crippen LogP) is 3.46. The maximum Gasteiger partial charge on any atom is 0.253 e. The van der Waals surface area contributed by atoms with E-state index in [1.165, 1.54) is 30.5 Å². The van der Waals surface area contributed by atoms with E-state index >= 15 is 0 Å². The van der Waals surface area contributed by atoms with Crippen LogP contribution in [0.5, 0.6) is 0 Å². The summed E-state index contributed by atoms with van der Waals surface area (Å²) in [6, 6.07) is 7.30. The number of nitrogens with one attached hydrogen (secondary N) is 1. The second kappa shape index (κ2) is 5.99. The van der Waals surface area contributed by atoms with Crippen molar-refractivity contribution in [1.82, 2.24) is 10.3 Å². The van der Waals surface area contributed by atoms with Crippen LogP contribution < -0.4 is 5.32 Å². The summed E-state index contributed by atoms with van der Waals surface area (Å²) in [5, 5.41) is 3.23. The van der Waals surface area contributed by atoms with Gasteiger partial charge in [0.05, 0.1) is 22.8 Å². The lowest BCUT2D eigenvalue weighted by Crippen LogP contribution is -2.24. The molecule has 1 heterocycles. The van der Waals surface area contributed by atoms with Gasteiger partial charge >= 0.3 is 0 Å². The van der Waals surface area contributed by atoms with Crippen molar-refractivity contribution in [2.45, 2.75) is 6.54 Å². The van der Waals surface area contributed by atoms with E-state index in [2.05, 4.69) is 10.3 Å². The normalized spacial score (nSPS) is 10.3. The van der Waals surface area contributed by atoms with Crippen LogP contribution in [0.3, 0.4) is 0 Å². The van der Waals surface area contributed by atoms with E-state index in [1.54, 1.807) is 6.07 Å². The fraction of sp³-hybridized carbons (Fsp3) is 0.0769. The standard InChI is InChI=1S/C13H9Cl2FN2O/c14-8-3-4-9(10(15)6-8)13(19)18-7-12-11(16)2-1-5-17-12/h1-6H,7H2,(H,18,19). The number of benzene rings is 1. The molecule has 2 aromatic rings. The summed E-state index contributed by atoms with van der Waals surface area (Å²) in [6.45, 7) is -0.00946. The smallest absolute Gasteiger partial charge is 0.253 e. The number of amides is 1. The molecule has 0 unspecified atom stereocenters. The predicted molar refractivity (Wildman–Crippen MR) is 71.8 cm³/mol. The van der Waals surface area contributed by atoms with Crippen molar-refractivity contribution in [2.75, 3.05) is 0 Å². The maximum atomic E-state index is 13.3. The van der Waals surface area contributed by atoms with E-state index in [4.69, 9.17) is 23.2 Å². The third-order valence-electron chi connectivity index (χ3n) is 2.43. The van der Waals surface area contributed by atoms with Gasteiger partial charge in [0.1, 0.15) is 5.82 Å². The number of halogens is 3. The van der Waals surface area contributed by atoms with Crippen LogP contribution in [-0.4, -0.2) is 10.9 Å². The number of nitrogens with zero attached hydrogens (tertiary/aromatic N) is 1. The number of carbonyl (C=O) groups is 1. The molecule has 0 bridgehead atoms. The number of hydrogen-bond acceptors (Lipinski definition) is 2. The minimum absolute atomic E-state index is 0.00946. The molecule has 0 aliphatic heterocycles. The topological polar surface area (TPSA) is 42.0 Å². The monoisotopic (exact) mass is 298 g/mol. The molecule has 0 spiro atoms. The molecule has 0 atom stereocenters. The number of aromatic nitrogens is 1. The van der Waals surface area contributed by atoms with Crippen LogP contribution in [0.15, 0.2) is 36.5 Å². The number of pyridine rings is 1. The first kappa shape index (κ1) is 13.8. The number of hydrogen-bond donors (Lipinski definition) is 1. The maximum absolute atomic E-state index is 13.3. The van der Waals surface area contributed by atoms with Gasteiger partial charge in [0.25, 0.3) is 5.91 Å². The van der Waals surface area contributed by atoms with Gasteiger partial charge in [0.2, 0.25) is 0 Å². The average Bonchev–Trinajstić information content (AvgIpc) is 2.37. The second-order valence-electron chi connectivity index (χ2n) is 3.74. The molecule has 0 radical (unpaired) electrons. The van der Waals surface area contributed by atoms with Crippen molar-refractivity contribution in [1.29, 1.82) is 0 Å². The van der Waals surface area contributed by atoms with Gasteiger partial charge in [0, 0.05) is 11.2 Å². The Morgan fingerprint density at radius 3 is 2.79 bits per heavy atom. The third kappa shape index (κ3) is 3.43. The Morgan fingerprint density at radius 1 is 1.32 bits per heavy atom. The van der Waals surface area contributed by atoms with E-state index < -0.39 is 11.7 Å². The molecule has 2 rings (SSSR count). The lowest BCUT2D eigenvalue weighted by atomic mass is 10.2. The lowest BCUT2D eigenvalue weighted by molar-refractivity contribution is 0.0950. The van der Waals surface area contributed by atoms with Gasteiger partial charge in [-0.15, -0.1) is 0 Å². The largest absolute Gasteiger partial charge is 0.346 e. The summed E-state index contributed by atoms with van der Waals surface area (Å²) < 4.78 is 13.3. The highest BCUT2D eigenvalue weighted by Crippen LogP contribution is 2.20. The van der Waals surface area contributed by atoms with E-state index in [9.17, 15) is 9.18 Å². The summed E-state index contributed by atoms with van der Waals surface area (Å²) in [6.07, 6.45) is 1.46. The SMILES string of the molecule is O=C(NCc1ncccc1F)c1ccc(Cl)cc1Cl. The first-order valence-corrected chi connectivity index (χ1v) is 6.16. The zero-order valence-electron chi connectivity index (χ0n) is 9.66. The number of rotatable bonds is 3. The van der Waals surface area contributed by atoms with Crippen LogP contribution in [-0.2, 0) is 6.54 Å². The Labute approximate surface area is 119 Å². The molecular weight excluding hydrogens is 290 g/mol. The van der Waals surface area contributed by atoms with Crippen molar-refractivity contribution in [2.24, 2.45) is 0 Å². The fourth-order valence-electron chi connectivity index (χ4n) is 1.48. The second-order valence-corrected chi connectivity index (χ2v) is 4.58. The molecule has 19 heavy (non-hydrogen) atoms. The summed E-state index contributed by atoms with van der Waals surface area (Å²) in [4.78, 5) is 15.7. The van der Waals surface area contributed by atoms with Gasteiger partial charge in [-0.1, -0.05) is 23.2 Å². The van der Waals surface area contributed by atoms with Gasteiger partial charge in [0.15, 0.2) is 0 Å². The Morgan fingerprint density at radius 2 is 2.11 bits per heavy atom. The molecule has 6 heteroatoms. The molecular formula is C13H9Cl2FN2O. The van der Waals surface area contributed by atoms with Crippen molar-refractivity contribution >= 4 is 29.1 Å². The fourth-order valence-corrected chi connectivity index (χ4v) is 1.98. The molecule has 1 amide bonds. The van der Waals surface area contributed by atoms with Gasteiger partial charge < -0.3 is 5.32 Å². The van der Waals surface area contributed by atoms with Crippen molar-refractivity contribution < 1.29 is 9.18 Å². The molecule has 1 aromatic heterocycles. The van der Waals surface area contributed by atoms with Crippen LogP contribution in [0.1, 0.15) is 16.1 Å². The first-order chi connectivity index (χ1) is 9.08. The molecule has 98 valence electrons. The molecule has 0 saturated carbocycles. The zero-order valence-corrected chi connectivity index (χ0v) is 11.2. The van der Waals surface area contributed by atoms with E-state index in [0.29, 0.717) is 5.02 Å². The Bertz CT molecular complexity index is 619. The van der Waals surface area contributed by atoms with Gasteiger partial charge in [-0.05, 0) is 30.3 Å². The van der Waals surface area contributed by atoms with Crippen LogP contribution in [0.4, 0.5) is 4.39 Å². The average molecular weight is 299 g/mol. The van der Waals surface area contributed by atoms with Crippen LogP contribution in [0.2, 0.25) is 10.0 Å². The third-order valence-corrected chi connectivity index (χ3v) is 2.97. The summed E-state index contributed by atoms with van der Waals surface area (Å²) in [5.74, 6) is -0.878. The van der Waals surface area contributed by atoms with Gasteiger partial charge in [-0.25, -0.2) is 4.39 Å². The summed E-state index contributed by atoms with van der Waals surface area (Å²) in [5.41, 5.74) is 0.448. The van der Waals surface area contributed by atoms with Crippen molar-refractivity contribution in [3.63, 3.8) is 0 Å². The van der Waals surface area contributed by atoms with Crippen molar-refractivity contribution in [3.05, 3.63) is 63.6 Å². The highest BCUT2D eigenvalue weighted by molar-refractivity contribution is 6.36. The minimum atomic E-state index is -0.468. The van der Waals surface area contributed by atoms with Crippen molar-refractivity contribution in [3.8, 4) is 0 Å². The lowest BCUT2D eigenvalue weighted by Gasteiger charge is -2.07. The summed E-state index contributed by atoms with van der Waals surface area (Å²) >= 11 is 11.6. The van der Waals surface area contributed by atoms with Gasteiger partial charge in [-0.3, -0.25) is 9.78 Å². The molecule has 1 aromatic carbocycles.